The number of rotatable bonds is 7. The van der Waals surface area contributed by atoms with Crippen LogP contribution >= 0.6 is 0 Å². The maximum absolute atomic E-state index is 13.1. The van der Waals surface area contributed by atoms with E-state index in [1.807, 2.05) is 20.0 Å². The Balaban J connectivity index is 1.80. The summed E-state index contributed by atoms with van der Waals surface area (Å²) in [6.45, 7) is 13.7. The third-order valence-corrected chi connectivity index (χ3v) is 8.05. The number of sulfonamides is 1. The van der Waals surface area contributed by atoms with E-state index < -0.39 is 10.0 Å². The highest BCUT2D eigenvalue weighted by Crippen LogP contribution is 2.43. The molecule has 6 nitrogen and oxygen atoms in total. The molecule has 0 aliphatic heterocycles. The van der Waals surface area contributed by atoms with Gasteiger partial charge in [-0.2, -0.15) is 0 Å². The zero-order valence-electron chi connectivity index (χ0n) is 21.1. The first-order valence-corrected chi connectivity index (χ1v) is 13.3. The topological polar surface area (TPSA) is 83.1 Å². The molecule has 1 heterocycles. The molecule has 1 aromatic heterocycles. The minimum Gasteiger partial charge on any atom is -0.382 e. The van der Waals surface area contributed by atoms with E-state index in [4.69, 9.17) is 4.98 Å². The van der Waals surface area contributed by atoms with Gasteiger partial charge in [0.05, 0.1) is 10.6 Å². The number of hydrogen-bond donors (Lipinski definition) is 3. The number of pyridine rings is 1. The fourth-order valence-corrected chi connectivity index (χ4v) is 5.88. The van der Waals surface area contributed by atoms with Crippen LogP contribution in [0.25, 0.3) is 0 Å². The number of nitrogens with one attached hydrogen (secondary N) is 3. The first kappa shape index (κ1) is 25.5. The Labute approximate surface area is 200 Å². The maximum Gasteiger partial charge on any atom is 0.240 e. The van der Waals surface area contributed by atoms with Crippen molar-refractivity contribution in [1.82, 2.24) is 9.71 Å². The quantitative estimate of drug-likeness (QED) is 0.493. The van der Waals surface area contributed by atoms with Crippen LogP contribution < -0.4 is 15.4 Å². The number of aryl methyl sites for hydroxylation is 1. The van der Waals surface area contributed by atoms with Crippen LogP contribution in [0.4, 0.5) is 11.5 Å². The van der Waals surface area contributed by atoms with Crippen molar-refractivity contribution in [2.24, 2.45) is 10.8 Å². The molecular weight excluding hydrogens is 432 g/mol. The number of aromatic nitrogens is 1. The summed E-state index contributed by atoms with van der Waals surface area (Å²) in [7, 11) is -1.71. The van der Waals surface area contributed by atoms with Gasteiger partial charge in [-0.15, -0.1) is 0 Å². The van der Waals surface area contributed by atoms with Crippen molar-refractivity contribution in [3.63, 3.8) is 0 Å². The molecule has 182 valence electrons. The van der Waals surface area contributed by atoms with E-state index >= 15 is 0 Å². The Bertz CT molecular complexity index is 1070. The highest BCUT2D eigenvalue weighted by Gasteiger charge is 2.39. The zero-order valence-corrected chi connectivity index (χ0v) is 21.9. The summed E-state index contributed by atoms with van der Waals surface area (Å²) < 4.78 is 29.3. The molecule has 2 aromatic rings. The molecule has 0 radical (unpaired) electrons. The molecule has 7 heteroatoms. The monoisotopic (exact) mass is 472 g/mol. The van der Waals surface area contributed by atoms with Crippen LogP contribution in [0.2, 0.25) is 0 Å². The van der Waals surface area contributed by atoms with Crippen LogP contribution in [0.1, 0.15) is 71.1 Å². The minimum absolute atomic E-state index is 0.132. The third kappa shape index (κ3) is 6.48. The van der Waals surface area contributed by atoms with Gasteiger partial charge < -0.3 is 10.6 Å². The molecule has 2 atom stereocenters. The average molecular weight is 473 g/mol. The van der Waals surface area contributed by atoms with Crippen molar-refractivity contribution in [3.05, 3.63) is 47.7 Å². The van der Waals surface area contributed by atoms with Crippen molar-refractivity contribution < 1.29 is 8.42 Å². The largest absolute Gasteiger partial charge is 0.382 e. The fraction of sp³-hybridized carbons (Fsp3) is 0.577. The van der Waals surface area contributed by atoms with Gasteiger partial charge in [0.2, 0.25) is 10.0 Å². The second kappa shape index (κ2) is 9.63. The van der Waals surface area contributed by atoms with E-state index in [2.05, 4.69) is 62.1 Å². The lowest BCUT2D eigenvalue weighted by atomic mass is 9.69. The smallest absolute Gasteiger partial charge is 0.240 e. The van der Waals surface area contributed by atoms with Gasteiger partial charge in [-0.1, -0.05) is 46.8 Å². The molecule has 1 aliphatic carbocycles. The Hall–Kier alpha value is -2.12. The van der Waals surface area contributed by atoms with E-state index in [0.717, 1.165) is 48.6 Å². The lowest BCUT2D eigenvalue weighted by molar-refractivity contribution is 0.170. The maximum atomic E-state index is 13.1. The normalized spacial score (nSPS) is 20.9. The van der Waals surface area contributed by atoms with Crippen molar-refractivity contribution in [2.45, 2.75) is 77.7 Å². The summed E-state index contributed by atoms with van der Waals surface area (Å²) >= 11 is 0. The summed E-state index contributed by atoms with van der Waals surface area (Å²) in [5.41, 5.74) is 2.97. The van der Waals surface area contributed by atoms with Gasteiger partial charge in [-0.25, -0.2) is 18.1 Å². The summed E-state index contributed by atoms with van der Waals surface area (Å²) in [5.74, 6) is 1.03. The Morgan fingerprint density at radius 3 is 2.52 bits per heavy atom. The second-order valence-corrected chi connectivity index (χ2v) is 13.0. The molecule has 3 rings (SSSR count). The van der Waals surface area contributed by atoms with Crippen molar-refractivity contribution in [2.75, 3.05) is 24.2 Å². The lowest BCUT2D eigenvalue weighted by Crippen LogP contribution is -2.48. The molecule has 0 saturated heterocycles. The van der Waals surface area contributed by atoms with Crippen molar-refractivity contribution in [3.8, 4) is 0 Å². The van der Waals surface area contributed by atoms with Crippen molar-refractivity contribution in [1.29, 1.82) is 0 Å². The molecule has 1 fully saturated rings. The molecule has 2 unspecified atom stereocenters. The number of benzene rings is 1. The fourth-order valence-electron chi connectivity index (χ4n) is 4.35. The molecule has 1 saturated carbocycles. The van der Waals surface area contributed by atoms with E-state index in [9.17, 15) is 8.42 Å². The van der Waals surface area contributed by atoms with Crippen LogP contribution in [0.5, 0.6) is 0 Å². The Kier molecular flexibility index (Phi) is 7.44. The predicted octanol–water partition coefficient (Wildman–Crippen LogP) is 5.53. The van der Waals surface area contributed by atoms with E-state index in [-0.39, 0.29) is 22.8 Å². The SMILES string of the molecule is CNc1nc(C2CCC(C)(C)C(NS(=O)(=O)c3cccc(C)c3)C2)ccc1NCC(C)(C)C. The summed E-state index contributed by atoms with van der Waals surface area (Å²) in [6, 6.07) is 11.1. The molecule has 33 heavy (non-hydrogen) atoms. The molecule has 0 spiro atoms. The summed E-state index contributed by atoms with van der Waals surface area (Å²) in [6.07, 6.45) is 2.64. The van der Waals surface area contributed by atoms with Gasteiger partial charge >= 0.3 is 0 Å². The standard InChI is InChI=1S/C26H40N4O2S/c1-18-9-8-10-20(15-18)33(31,32)30-23-16-19(13-14-26(23,5)6)21-11-12-22(24(27-7)29-21)28-17-25(2,3)4/h8-12,15,19,23,28,30H,13-14,16-17H2,1-7H3,(H,27,29). The molecule has 1 aliphatic rings. The molecular formula is C26H40N4O2S. The number of anilines is 2. The van der Waals surface area contributed by atoms with E-state index in [1.165, 1.54) is 0 Å². The van der Waals surface area contributed by atoms with Gasteiger partial charge in [0.15, 0.2) is 0 Å². The highest BCUT2D eigenvalue weighted by molar-refractivity contribution is 7.89. The molecule has 3 N–H and O–H groups in total. The highest BCUT2D eigenvalue weighted by atomic mass is 32.2. The number of nitrogens with zero attached hydrogens (tertiary/aromatic N) is 1. The lowest BCUT2D eigenvalue weighted by Gasteiger charge is -2.42. The van der Waals surface area contributed by atoms with Crippen LogP contribution in [-0.2, 0) is 10.0 Å². The van der Waals surface area contributed by atoms with Gasteiger partial charge in [0.1, 0.15) is 5.82 Å². The summed E-state index contributed by atoms with van der Waals surface area (Å²) in [5, 5.41) is 6.71. The van der Waals surface area contributed by atoms with Crippen LogP contribution in [-0.4, -0.2) is 33.0 Å². The molecule has 0 bridgehead atoms. The van der Waals surface area contributed by atoms with E-state index in [1.54, 1.807) is 18.2 Å². The minimum atomic E-state index is -3.59. The zero-order chi connectivity index (χ0) is 24.4. The average Bonchev–Trinajstić information content (AvgIpc) is 2.73. The Morgan fingerprint density at radius 2 is 1.88 bits per heavy atom. The molecule has 1 aromatic carbocycles. The van der Waals surface area contributed by atoms with Crippen LogP contribution in [0, 0.1) is 17.8 Å². The van der Waals surface area contributed by atoms with Gasteiger partial charge in [-0.05, 0) is 66.8 Å². The number of hydrogen-bond acceptors (Lipinski definition) is 5. The summed E-state index contributed by atoms with van der Waals surface area (Å²) in [4.78, 5) is 5.24. The van der Waals surface area contributed by atoms with E-state index in [0.29, 0.717) is 4.90 Å². The van der Waals surface area contributed by atoms with Crippen molar-refractivity contribution >= 4 is 21.5 Å². The van der Waals surface area contributed by atoms with Gasteiger partial charge in [0, 0.05) is 31.2 Å². The van der Waals surface area contributed by atoms with Crippen LogP contribution in [0.15, 0.2) is 41.3 Å². The first-order chi connectivity index (χ1) is 15.3. The van der Waals surface area contributed by atoms with Gasteiger partial charge in [0.25, 0.3) is 0 Å². The second-order valence-electron chi connectivity index (χ2n) is 11.2. The Morgan fingerprint density at radius 1 is 1.15 bits per heavy atom. The molecule has 0 amide bonds. The van der Waals surface area contributed by atoms with Gasteiger partial charge in [-0.3, -0.25) is 0 Å². The third-order valence-electron chi connectivity index (χ3n) is 6.58. The first-order valence-electron chi connectivity index (χ1n) is 11.8. The van der Waals surface area contributed by atoms with Crippen LogP contribution in [0.3, 0.4) is 0 Å². The predicted molar refractivity (Wildman–Crippen MR) is 137 cm³/mol.